The van der Waals surface area contributed by atoms with E-state index in [4.69, 9.17) is 4.52 Å². The molecule has 4 rings (SSSR count). The fourth-order valence-corrected chi connectivity index (χ4v) is 7.65. The number of phosphoric acid groups is 1. The summed E-state index contributed by atoms with van der Waals surface area (Å²) in [5.74, 6) is -3.05. The zero-order chi connectivity index (χ0) is 23.9. The average Bonchev–Trinajstić information content (AvgIpc) is 2.89. The first kappa shape index (κ1) is 27.3. The van der Waals surface area contributed by atoms with E-state index in [9.17, 15) is 39.3 Å². The predicted molar refractivity (Wildman–Crippen MR) is 115 cm³/mol. The Hall–Kier alpha value is -0.260. The van der Waals surface area contributed by atoms with Crippen LogP contribution in [0.5, 0.6) is 0 Å². The summed E-state index contributed by atoms with van der Waals surface area (Å²) in [5.41, 5.74) is -7.28. The number of carbonyl (C=O) groups excluding carboxylic acids is 2. The third-order valence-electron chi connectivity index (χ3n) is 8.67. The molecule has 4 aliphatic carbocycles. The molecule has 0 radical (unpaired) electrons. The molecule has 0 aliphatic heterocycles. The first-order valence-corrected chi connectivity index (χ1v) is 12.1. The van der Waals surface area contributed by atoms with Crippen LogP contribution < -0.4 is 0 Å². The van der Waals surface area contributed by atoms with Crippen molar-refractivity contribution in [2.45, 2.75) is 63.0 Å². The number of aliphatic hydroxyl groups is 3. The van der Waals surface area contributed by atoms with Crippen molar-refractivity contribution >= 4 is 48.9 Å². The molecule has 0 heterocycles. The number of aliphatic hydroxyl groups excluding tert-OH is 2. The Morgan fingerprint density at radius 1 is 1.30 bits per heavy atom. The van der Waals surface area contributed by atoms with Gasteiger partial charge in [0.15, 0.2) is 22.8 Å². The number of rotatable bonds is 4. The van der Waals surface area contributed by atoms with Crippen LogP contribution in [0.15, 0.2) is 23.8 Å². The molecular formula is C21H29FNaO9P. The Kier molecular flexibility index (Phi) is 6.96. The Balaban J connectivity index is 0.00000306. The van der Waals surface area contributed by atoms with E-state index in [2.05, 4.69) is 0 Å². The molecule has 33 heavy (non-hydrogen) atoms. The second-order valence-corrected chi connectivity index (χ2v) is 11.1. The molecule has 0 aromatic carbocycles. The summed E-state index contributed by atoms with van der Waals surface area (Å²) < 4.78 is 34.2. The molecule has 0 unspecified atom stereocenters. The standard InChI is InChI=1S/C21H28FO9P.Na.H/c1-18-6-5-12(24)7-11(18)3-4-13-14-8-15(25)21(27,16(26)10-23)19(14,2)9-17(20(13,18)22)31-32(28,29)30;;/h5-7,13-15,17,23,25,27H,3-4,8-10H2,1-2H3,(H2,28,29,30);;/t13-,14-,15+,17-,18-,19-,20-,21-;;/m0../s1. The SMILES string of the molecule is C[C@]12C=CC(=O)C=C1CC[C@H]1[C@@H]3C[C@@H](O)[C@](O)(C(=O)CO)[C@@]3(C)C[C@H](OP(=O)(O)O)[C@@]12F.[NaH]. The molecule has 0 saturated heterocycles. The number of hydrogen-bond acceptors (Lipinski definition) is 7. The van der Waals surface area contributed by atoms with E-state index in [1.54, 1.807) is 6.92 Å². The minimum atomic E-state index is -5.21. The van der Waals surface area contributed by atoms with Gasteiger partial charge in [-0.25, -0.2) is 8.96 Å². The van der Waals surface area contributed by atoms with Crippen LogP contribution in [0.1, 0.15) is 39.5 Å². The summed E-state index contributed by atoms with van der Waals surface area (Å²) in [6.07, 6.45) is 0.450. The van der Waals surface area contributed by atoms with E-state index >= 15 is 4.39 Å². The molecule has 0 bridgehead atoms. The van der Waals surface area contributed by atoms with E-state index in [-0.39, 0.29) is 48.2 Å². The fourth-order valence-electron chi connectivity index (χ4n) is 7.09. The van der Waals surface area contributed by atoms with Gasteiger partial charge < -0.3 is 25.1 Å². The molecule has 180 valence electrons. The van der Waals surface area contributed by atoms with Gasteiger partial charge in [-0.3, -0.25) is 14.1 Å². The molecule has 4 aliphatic rings. The molecule has 12 heteroatoms. The molecule has 9 nitrogen and oxygen atoms in total. The first-order valence-electron chi connectivity index (χ1n) is 10.6. The number of Topliss-reactive ketones (excluding diaryl/α,β-unsaturated/α-hetero) is 1. The Bertz CT molecular complexity index is 981. The van der Waals surface area contributed by atoms with Gasteiger partial charge in [0.2, 0.25) is 0 Å². The molecular weight excluding hydrogens is 469 g/mol. The number of fused-ring (bicyclic) bond motifs is 5. The quantitative estimate of drug-likeness (QED) is 0.267. The van der Waals surface area contributed by atoms with Gasteiger partial charge in [-0.2, -0.15) is 0 Å². The van der Waals surface area contributed by atoms with Crippen molar-refractivity contribution in [3.05, 3.63) is 23.8 Å². The molecule has 0 amide bonds. The number of alkyl halides is 1. The molecule has 3 saturated carbocycles. The Morgan fingerprint density at radius 2 is 1.94 bits per heavy atom. The van der Waals surface area contributed by atoms with E-state index < -0.39 is 72.8 Å². The van der Waals surface area contributed by atoms with Crippen molar-refractivity contribution in [2.24, 2.45) is 22.7 Å². The van der Waals surface area contributed by atoms with E-state index in [1.807, 2.05) is 0 Å². The minimum absolute atomic E-state index is 0. The van der Waals surface area contributed by atoms with Gasteiger partial charge in [0.05, 0.1) is 6.10 Å². The van der Waals surface area contributed by atoms with Crippen molar-refractivity contribution in [2.75, 3.05) is 6.61 Å². The Labute approximate surface area is 212 Å². The normalized spacial score (nSPS) is 46.5. The van der Waals surface area contributed by atoms with Gasteiger partial charge >= 0.3 is 37.4 Å². The summed E-state index contributed by atoms with van der Waals surface area (Å²) in [5, 5.41) is 31.4. The number of phosphoric ester groups is 1. The molecule has 3 fully saturated rings. The fraction of sp³-hybridized carbons (Fsp3) is 0.714. The maximum atomic E-state index is 17.4. The zero-order valence-electron chi connectivity index (χ0n) is 17.8. The van der Waals surface area contributed by atoms with E-state index in [0.29, 0.717) is 12.0 Å². The van der Waals surface area contributed by atoms with Gasteiger partial charge in [-0.1, -0.05) is 18.6 Å². The molecule has 0 spiro atoms. The van der Waals surface area contributed by atoms with Crippen LogP contribution in [0.4, 0.5) is 4.39 Å². The summed E-state index contributed by atoms with van der Waals surface area (Å²) in [4.78, 5) is 43.6. The van der Waals surface area contributed by atoms with Gasteiger partial charge in [-0.15, -0.1) is 0 Å². The van der Waals surface area contributed by atoms with Crippen LogP contribution in [-0.4, -0.2) is 96.3 Å². The van der Waals surface area contributed by atoms with Crippen LogP contribution in [-0.2, 0) is 18.7 Å². The average molecular weight is 498 g/mol. The third-order valence-corrected chi connectivity index (χ3v) is 9.20. The van der Waals surface area contributed by atoms with Gasteiger partial charge in [-0.05, 0) is 50.7 Å². The van der Waals surface area contributed by atoms with Gasteiger partial charge in [0, 0.05) is 16.7 Å². The predicted octanol–water partition coefficient (Wildman–Crippen LogP) is 0.0890. The second kappa shape index (κ2) is 8.40. The molecule has 5 N–H and O–H groups in total. The zero-order valence-corrected chi connectivity index (χ0v) is 18.7. The van der Waals surface area contributed by atoms with Crippen molar-refractivity contribution < 1.29 is 48.2 Å². The number of hydrogen-bond donors (Lipinski definition) is 5. The van der Waals surface area contributed by atoms with Crippen LogP contribution >= 0.6 is 7.82 Å². The summed E-state index contributed by atoms with van der Waals surface area (Å²) in [6.45, 7) is 1.95. The molecule has 0 aromatic rings. The van der Waals surface area contributed by atoms with Crippen molar-refractivity contribution in [1.82, 2.24) is 0 Å². The summed E-state index contributed by atoms with van der Waals surface area (Å²) >= 11 is 0. The number of carbonyl (C=O) groups is 2. The van der Waals surface area contributed by atoms with Gasteiger partial charge in [0.1, 0.15) is 12.7 Å². The van der Waals surface area contributed by atoms with E-state index in [0.717, 1.165) is 0 Å². The maximum absolute atomic E-state index is 17.4. The molecule has 0 aromatic heterocycles. The number of ketones is 2. The monoisotopic (exact) mass is 498 g/mol. The van der Waals surface area contributed by atoms with Crippen molar-refractivity contribution in [3.8, 4) is 0 Å². The van der Waals surface area contributed by atoms with E-state index in [1.165, 1.54) is 25.2 Å². The summed E-state index contributed by atoms with van der Waals surface area (Å²) in [7, 11) is -5.21. The number of allylic oxidation sites excluding steroid dienone is 4. The third kappa shape index (κ3) is 3.56. The summed E-state index contributed by atoms with van der Waals surface area (Å²) in [6, 6.07) is 0. The van der Waals surface area contributed by atoms with Crippen LogP contribution in [0, 0.1) is 22.7 Å². The first-order chi connectivity index (χ1) is 14.6. The second-order valence-electron chi connectivity index (χ2n) is 9.93. The van der Waals surface area contributed by atoms with Crippen molar-refractivity contribution in [1.29, 1.82) is 0 Å². The van der Waals surface area contributed by atoms with Crippen molar-refractivity contribution in [3.63, 3.8) is 0 Å². The number of halogens is 1. The Morgan fingerprint density at radius 3 is 2.52 bits per heavy atom. The molecule has 8 atom stereocenters. The van der Waals surface area contributed by atoms with Crippen LogP contribution in [0.3, 0.4) is 0 Å². The van der Waals surface area contributed by atoms with Gasteiger partial charge in [0.25, 0.3) is 0 Å². The topological polar surface area (TPSA) is 162 Å². The van der Waals surface area contributed by atoms with Crippen LogP contribution in [0.25, 0.3) is 0 Å². The van der Waals surface area contributed by atoms with Crippen LogP contribution in [0.2, 0.25) is 0 Å².